The van der Waals surface area contributed by atoms with E-state index in [4.69, 9.17) is 5.14 Å². The highest BCUT2D eigenvalue weighted by Crippen LogP contribution is 2.27. The minimum Gasteiger partial charge on any atom is -0.325 e. The van der Waals surface area contributed by atoms with E-state index in [2.05, 4.69) is 5.32 Å². The third-order valence-corrected chi connectivity index (χ3v) is 8.50. The average Bonchev–Trinajstić information content (AvgIpc) is 2.73. The van der Waals surface area contributed by atoms with E-state index in [1.54, 1.807) is 26.0 Å². The van der Waals surface area contributed by atoms with Crippen LogP contribution >= 0.6 is 0 Å². The van der Waals surface area contributed by atoms with Gasteiger partial charge in [0.25, 0.3) is 0 Å². The van der Waals surface area contributed by atoms with Gasteiger partial charge in [0.15, 0.2) is 0 Å². The predicted molar refractivity (Wildman–Crippen MR) is 136 cm³/mol. The quantitative estimate of drug-likeness (QED) is 0.475. The molecule has 3 aromatic rings. The van der Waals surface area contributed by atoms with Gasteiger partial charge >= 0.3 is 0 Å². The molecule has 0 saturated carbocycles. The van der Waals surface area contributed by atoms with Crippen LogP contribution in [0.25, 0.3) is 0 Å². The Morgan fingerprint density at radius 3 is 1.89 bits per heavy atom. The highest BCUT2D eigenvalue weighted by atomic mass is 32.2. The molecule has 0 aliphatic rings. The molecule has 0 aliphatic heterocycles. The third kappa shape index (κ3) is 6.55. The molecule has 0 unspecified atom stereocenters. The monoisotopic (exact) mass is 515 g/mol. The van der Waals surface area contributed by atoms with E-state index in [9.17, 15) is 21.6 Å². The van der Waals surface area contributed by atoms with Crippen LogP contribution < -0.4 is 10.5 Å². The van der Waals surface area contributed by atoms with Crippen molar-refractivity contribution >= 4 is 31.6 Å². The van der Waals surface area contributed by atoms with Gasteiger partial charge < -0.3 is 5.32 Å². The zero-order valence-corrected chi connectivity index (χ0v) is 21.7. The van der Waals surface area contributed by atoms with E-state index in [1.165, 1.54) is 24.3 Å². The maximum absolute atomic E-state index is 13.8. The van der Waals surface area contributed by atoms with Crippen LogP contribution in [0.15, 0.2) is 70.5 Å². The molecule has 10 heteroatoms. The number of carbonyl (C=O) groups excluding carboxylic acids is 1. The van der Waals surface area contributed by atoms with E-state index in [1.807, 2.05) is 38.1 Å². The topological polar surface area (TPSA) is 127 Å². The number of primary sulfonamides is 1. The lowest BCUT2D eigenvalue weighted by Gasteiger charge is -2.24. The van der Waals surface area contributed by atoms with Gasteiger partial charge in [-0.1, -0.05) is 47.5 Å². The molecule has 0 heterocycles. The molecule has 0 fully saturated rings. The van der Waals surface area contributed by atoms with Crippen molar-refractivity contribution in [2.45, 2.75) is 44.0 Å². The summed E-state index contributed by atoms with van der Waals surface area (Å²) in [5, 5.41) is 7.73. The number of hydrogen-bond donors (Lipinski definition) is 2. The van der Waals surface area contributed by atoms with Crippen LogP contribution in [0.3, 0.4) is 0 Å². The number of aryl methyl sites for hydroxylation is 4. The lowest BCUT2D eigenvalue weighted by atomic mass is 10.1. The van der Waals surface area contributed by atoms with Crippen molar-refractivity contribution in [3.8, 4) is 0 Å². The number of hydrogen-bond acceptors (Lipinski definition) is 5. The van der Waals surface area contributed by atoms with Gasteiger partial charge in [-0.05, 0) is 68.7 Å². The summed E-state index contributed by atoms with van der Waals surface area (Å²) in [6, 6.07) is 16.4. The average molecular weight is 516 g/mol. The molecule has 35 heavy (non-hydrogen) atoms. The highest BCUT2D eigenvalue weighted by Gasteiger charge is 2.30. The standard InChI is InChI=1S/C25H29N3O5S2/c1-17-5-7-21(8-6-17)15-28(35(32,33)25-19(3)13-18(2)14-20(25)4)16-24(29)27-22-9-11-23(12-10-22)34(26,30)31/h5-14H,15-16H2,1-4H3,(H,27,29)(H2,26,30,31). The number of benzene rings is 3. The van der Waals surface area contributed by atoms with E-state index in [-0.39, 0.29) is 16.3 Å². The van der Waals surface area contributed by atoms with Crippen LogP contribution in [0.1, 0.15) is 27.8 Å². The fourth-order valence-corrected chi connectivity index (χ4v) is 6.23. The number of nitrogens with one attached hydrogen (secondary N) is 1. The normalized spacial score (nSPS) is 12.1. The molecule has 0 aliphatic carbocycles. The molecule has 0 atom stereocenters. The van der Waals surface area contributed by atoms with Crippen LogP contribution in [0.4, 0.5) is 5.69 Å². The van der Waals surface area contributed by atoms with Crippen LogP contribution in [0.2, 0.25) is 0 Å². The predicted octanol–water partition coefficient (Wildman–Crippen LogP) is 3.40. The third-order valence-electron chi connectivity index (χ3n) is 5.47. The van der Waals surface area contributed by atoms with Crippen molar-refractivity contribution in [3.05, 3.63) is 88.5 Å². The fourth-order valence-electron chi connectivity index (χ4n) is 3.91. The molecule has 8 nitrogen and oxygen atoms in total. The molecule has 186 valence electrons. The molecule has 0 radical (unpaired) electrons. The summed E-state index contributed by atoms with van der Waals surface area (Å²) < 4.78 is 51.6. The number of anilines is 1. The summed E-state index contributed by atoms with van der Waals surface area (Å²) in [5.74, 6) is -0.563. The lowest BCUT2D eigenvalue weighted by Crippen LogP contribution is -2.38. The Kier molecular flexibility index (Phi) is 7.80. The maximum atomic E-state index is 13.8. The summed E-state index contributed by atoms with van der Waals surface area (Å²) >= 11 is 0. The molecular weight excluding hydrogens is 486 g/mol. The van der Waals surface area contributed by atoms with Gasteiger partial charge in [0.1, 0.15) is 0 Å². The Labute approximate surface area is 206 Å². The first-order chi connectivity index (χ1) is 16.3. The zero-order valence-electron chi connectivity index (χ0n) is 20.1. The Balaban J connectivity index is 1.93. The van der Waals surface area contributed by atoms with Gasteiger partial charge in [0, 0.05) is 12.2 Å². The van der Waals surface area contributed by atoms with Crippen molar-refractivity contribution in [3.63, 3.8) is 0 Å². The summed E-state index contributed by atoms with van der Waals surface area (Å²) in [4.78, 5) is 13.0. The number of nitrogens with two attached hydrogens (primary N) is 1. The SMILES string of the molecule is Cc1ccc(CN(CC(=O)Nc2ccc(S(N)(=O)=O)cc2)S(=O)(=O)c2c(C)cc(C)cc2C)cc1. The first-order valence-electron chi connectivity index (χ1n) is 10.8. The van der Waals surface area contributed by atoms with Crippen LogP contribution in [-0.2, 0) is 31.4 Å². The number of nitrogens with zero attached hydrogens (tertiary/aromatic N) is 1. The summed E-state index contributed by atoms with van der Waals surface area (Å²) in [7, 11) is -7.89. The van der Waals surface area contributed by atoms with E-state index in [0.717, 1.165) is 21.0 Å². The van der Waals surface area contributed by atoms with E-state index >= 15 is 0 Å². The van der Waals surface area contributed by atoms with Crippen molar-refractivity contribution in [1.82, 2.24) is 4.31 Å². The second-order valence-electron chi connectivity index (χ2n) is 8.60. The number of amides is 1. The molecule has 3 rings (SSSR count). The van der Waals surface area contributed by atoms with Gasteiger partial charge in [-0.2, -0.15) is 4.31 Å². The smallest absolute Gasteiger partial charge is 0.244 e. The minimum atomic E-state index is -4.02. The van der Waals surface area contributed by atoms with Crippen LogP contribution in [0, 0.1) is 27.7 Å². The van der Waals surface area contributed by atoms with Crippen molar-refractivity contribution in [2.75, 3.05) is 11.9 Å². The lowest BCUT2D eigenvalue weighted by molar-refractivity contribution is -0.116. The summed E-state index contributed by atoms with van der Waals surface area (Å²) in [5.41, 5.74) is 4.26. The maximum Gasteiger partial charge on any atom is 0.244 e. The molecule has 3 N–H and O–H groups in total. The molecule has 1 amide bonds. The van der Waals surface area contributed by atoms with E-state index in [0.29, 0.717) is 16.8 Å². The van der Waals surface area contributed by atoms with Gasteiger partial charge in [0.2, 0.25) is 26.0 Å². The molecular formula is C25H29N3O5S2. The Morgan fingerprint density at radius 2 is 1.37 bits per heavy atom. The van der Waals surface area contributed by atoms with E-state index < -0.39 is 32.5 Å². The Hall–Kier alpha value is -3.05. The number of sulfonamides is 2. The van der Waals surface area contributed by atoms with Crippen LogP contribution in [-0.4, -0.2) is 33.6 Å². The van der Waals surface area contributed by atoms with Gasteiger partial charge in [0.05, 0.1) is 16.3 Å². The molecule has 0 aromatic heterocycles. The second kappa shape index (κ2) is 10.3. The van der Waals surface area contributed by atoms with Crippen molar-refractivity contribution < 1.29 is 21.6 Å². The Bertz CT molecular complexity index is 1420. The highest BCUT2D eigenvalue weighted by molar-refractivity contribution is 7.89. The number of carbonyl (C=O) groups is 1. The second-order valence-corrected chi connectivity index (χ2v) is 12.0. The molecule has 0 bridgehead atoms. The number of rotatable bonds is 8. The largest absolute Gasteiger partial charge is 0.325 e. The minimum absolute atomic E-state index is 0.00709. The first-order valence-corrected chi connectivity index (χ1v) is 13.8. The molecule has 0 saturated heterocycles. The Morgan fingerprint density at radius 1 is 0.829 bits per heavy atom. The molecule has 3 aromatic carbocycles. The fraction of sp³-hybridized carbons (Fsp3) is 0.240. The van der Waals surface area contributed by atoms with Gasteiger partial charge in [-0.25, -0.2) is 22.0 Å². The molecule has 0 spiro atoms. The summed E-state index contributed by atoms with van der Waals surface area (Å²) in [6.07, 6.45) is 0. The van der Waals surface area contributed by atoms with Crippen LogP contribution in [0.5, 0.6) is 0 Å². The first kappa shape index (κ1) is 26.6. The van der Waals surface area contributed by atoms with Crippen molar-refractivity contribution in [2.24, 2.45) is 5.14 Å². The summed E-state index contributed by atoms with van der Waals surface area (Å²) in [6.45, 7) is 6.89. The zero-order chi connectivity index (χ0) is 26.0. The van der Waals surface area contributed by atoms with Gasteiger partial charge in [-0.3, -0.25) is 4.79 Å². The van der Waals surface area contributed by atoms with Gasteiger partial charge in [-0.15, -0.1) is 0 Å². The van der Waals surface area contributed by atoms with Crippen molar-refractivity contribution in [1.29, 1.82) is 0 Å².